The van der Waals surface area contributed by atoms with Crippen LogP contribution in [0, 0.1) is 0 Å². The Bertz CT molecular complexity index is 1370. The molecule has 0 aromatic heterocycles. The van der Waals surface area contributed by atoms with E-state index in [1.54, 1.807) is 0 Å². The molecular formula is C65H112O6. The van der Waals surface area contributed by atoms with Crippen molar-refractivity contribution < 1.29 is 28.6 Å². The minimum Gasteiger partial charge on any atom is -0.462 e. The van der Waals surface area contributed by atoms with Gasteiger partial charge in [0.15, 0.2) is 6.10 Å². The van der Waals surface area contributed by atoms with Crippen molar-refractivity contribution in [2.24, 2.45) is 0 Å². The number of carbonyl (C=O) groups excluding carboxylic acids is 3. The maximum absolute atomic E-state index is 12.8. The number of hydrogen-bond donors (Lipinski definition) is 0. The molecule has 0 aliphatic carbocycles. The van der Waals surface area contributed by atoms with Gasteiger partial charge in [0.1, 0.15) is 13.2 Å². The lowest BCUT2D eigenvalue weighted by atomic mass is 10.0. The molecule has 1 unspecified atom stereocenters. The summed E-state index contributed by atoms with van der Waals surface area (Å²) in [6.07, 6.45) is 77.7. The molecule has 1 atom stereocenters. The molecule has 0 amide bonds. The van der Waals surface area contributed by atoms with Crippen LogP contribution in [-0.2, 0) is 28.6 Å². The van der Waals surface area contributed by atoms with Gasteiger partial charge in [0.25, 0.3) is 0 Å². The minimum atomic E-state index is -0.811. The van der Waals surface area contributed by atoms with Crippen LogP contribution in [0.1, 0.15) is 290 Å². The molecule has 408 valence electrons. The summed E-state index contributed by atoms with van der Waals surface area (Å²) in [5.74, 6) is -0.982. The predicted molar refractivity (Wildman–Crippen MR) is 307 cm³/mol. The van der Waals surface area contributed by atoms with Gasteiger partial charge in [-0.2, -0.15) is 0 Å². The first-order chi connectivity index (χ1) is 35.0. The normalized spacial score (nSPS) is 12.7. The average molecular weight is 990 g/mol. The van der Waals surface area contributed by atoms with E-state index in [0.717, 1.165) is 77.0 Å². The second-order valence-corrected chi connectivity index (χ2v) is 19.9. The average Bonchev–Trinajstić information content (AvgIpc) is 3.37. The summed E-state index contributed by atoms with van der Waals surface area (Å²) in [6, 6.07) is 0. The maximum atomic E-state index is 12.8. The van der Waals surface area contributed by atoms with Crippen LogP contribution in [0.3, 0.4) is 0 Å². The molecule has 0 aliphatic rings. The van der Waals surface area contributed by atoms with E-state index in [-0.39, 0.29) is 37.5 Å². The first-order valence-electron chi connectivity index (χ1n) is 30.1. The molecule has 0 spiro atoms. The monoisotopic (exact) mass is 989 g/mol. The molecule has 71 heavy (non-hydrogen) atoms. The van der Waals surface area contributed by atoms with E-state index in [9.17, 15) is 14.4 Å². The summed E-state index contributed by atoms with van der Waals surface area (Å²) in [5.41, 5.74) is 0. The van der Waals surface area contributed by atoms with Gasteiger partial charge in [0, 0.05) is 19.3 Å². The molecule has 0 aromatic rings. The highest BCUT2D eigenvalue weighted by Gasteiger charge is 2.19. The number of carbonyl (C=O) groups is 3. The van der Waals surface area contributed by atoms with Crippen LogP contribution >= 0.6 is 0 Å². The highest BCUT2D eigenvalue weighted by Crippen LogP contribution is 2.16. The summed E-state index contributed by atoms with van der Waals surface area (Å²) in [4.78, 5) is 37.9. The van der Waals surface area contributed by atoms with E-state index in [2.05, 4.69) is 93.7 Å². The van der Waals surface area contributed by atoms with Gasteiger partial charge in [0.05, 0.1) is 0 Å². The largest absolute Gasteiger partial charge is 0.462 e. The SMILES string of the molecule is CC/C=C\C/C=C\C/C=C\C/C=C\CCC(=O)OC(COC(=O)CCCCCCCCCCC)COC(=O)CCCCCCCCCCCCCCCCCC/C=C\C/C=C\C/C=C\CCCCCCC. The van der Waals surface area contributed by atoms with Crippen LogP contribution in [0.4, 0.5) is 0 Å². The summed E-state index contributed by atoms with van der Waals surface area (Å²) >= 11 is 0. The Balaban J connectivity index is 4.11. The van der Waals surface area contributed by atoms with E-state index >= 15 is 0 Å². The Morgan fingerprint density at radius 2 is 0.577 bits per heavy atom. The fraction of sp³-hybridized carbons (Fsp3) is 0.738. The molecule has 6 nitrogen and oxygen atoms in total. The van der Waals surface area contributed by atoms with Crippen molar-refractivity contribution in [3.8, 4) is 0 Å². The van der Waals surface area contributed by atoms with Gasteiger partial charge in [-0.3, -0.25) is 14.4 Å². The molecule has 0 heterocycles. The lowest BCUT2D eigenvalue weighted by molar-refractivity contribution is -0.166. The number of unbranched alkanes of at least 4 members (excludes halogenated alkanes) is 29. The van der Waals surface area contributed by atoms with Gasteiger partial charge in [-0.1, -0.05) is 273 Å². The molecule has 0 saturated heterocycles. The van der Waals surface area contributed by atoms with Crippen LogP contribution in [0.5, 0.6) is 0 Å². The fourth-order valence-corrected chi connectivity index (χ4v) is 8.41. The third-order valence-electron chi connectivity index (χ3n) is 12.9. The first kappa shape index (κ1) is 67.6. The van der Waals surface area contributed by atoms with Crippen molar-refractivity contribution >= 4 is 17.9 Å². The van der Waals surface area contributed by atoms with Crippen LogP contribution in [-0.4, -0.2) is 37.2 Å². The smallest absolute Gasteiger partial charge is 0.306 e. The lowest BCUT2D eigenvalue weighted by Crippen LogP contribution is -2.30. The minimum absolute atomic E-state index is 0.102. The molecule has 0 aromatic carbocycles. The van der Waals surface area contributed by atoms with Gasteiger partial charge in [-0.25, -0.2) is 0 Å². The number of ether oxygens (including phenoxy) is 3. The van der Waals surface area contributed by atoms with Gasteiger partial charge in [-0.05, 0) is 83.5 Å². The van der Waals surface area contributed by atoms with E-state index < -0.39 is 6.10 Å². The standard InChI is InChI=1S/C65H112O6/c1-4-7-10-13-16-19-21-23-24-25-26-27-28-29-30-31-32-33-34-35-36-37-38-39-40-42-43-46-49-52-55-58-64(67)70-61-62(60-69-63(66)57-54-51-48-45-18-15-12-9-6-3)71-65(68)59-56-53-50-47-44-41-22-20-17-14-11-8-5-2/h8,11,17,20-21,23,25-26,28-29,41,44,50,53,62H,4-7,9-10,12-16,18-19,22,24,27,30-40,42-43,45-49,51-52,54-61H2,1-3H3/b11-8-,20-17-,23-21-,26-25-,29-28-,44-41-,53-50-. The molecule has 0 N–H and O–H groups in total. The molecule has 0 aliphatic heterocycles. The van der Waals surface area contributed by atoms with Gasteiger partial charge in [-0.15, -0.1) is 0 Å². The molecule has 0 rings (SSSR count). The zero-order valence-electron chi connectivity index (χ0n) is 46.7. The van der Waals surface area contributed by atoms with Gasteiger partial charge >= 0.3 is 17.9 Å². The summed E-state index contributed by atoms with van der Waals surface area (Å²) in [7, 11) is 0. The van der Waals surface area contributed by atoms with Crippen LogP contribution in [0.25, 0.3) is 0 Å². The van der Waals surface area contributed by atoms with Gasteiger partial charge in [0.2, 0.25) is 0 Å². The molecule has 0 bridgehead atoms. The molecule has 6 heteroatoms. The van der Waals surface area contributed by atoms with Crippen molar-refractivity contribution in [3.05, 3.63) is 85.1 Å². The number of esters is 3. The summed E-state index contributed by atoms with van der Waals surface area (Å²) < 4.78 is 16.7. The highest BCUT2D eigenvalue weighted by atomic mass is 16.6. The van der Waals surface area contributed by atoms with Crippen LogP contribution in [0.2, 0.25) is 0 Å². The van der Waals surface area contributed by atoms with Crippen LogP contribution in [0.15, 0.2) is 85.1 Å². The lowest BCUT2D eigenvalue weighted by Gasteiger charge is -2.18. The third-order valence-corrected chi connectivity index (χ3v) is 12.9. The second kappa shape index (κ2) is 59.2. The van der Waals surface area contributed by atoms with Crippen molar-refractivity contribution in [1.82, 2.24) is 0 Å². The Morgan fingerprint density at radius 3 is 0.915 bits per heavy atom. The van der Waals surface area contributed by atoms with Crippen molar-refractivity contribution in [3.63, 3.8) is 0 Å². The summed E-state index contributed by atoms with van der Waals surface area (Å²) in [6.45, 7) is 6.44. The highest BCUT2D eigenvalue weighted by molar-refractivity contribution is 5.71. The Kier molecular flexibility index (Phi) is 56.3. The van der Waals surface area contributed by atoms with E-state index in [0.29, 0.717) is 19.3 Å². The predicted octanol–water partition coefficient (Wildman–Crippen LogP) is 20.3. The molecular weight excluding hydrogens is 877 g/mol. The van der Waals surface area contributed by atoms with E-state index in [1.807, 2.05) is 12.2 Å². The second-order valence-electron chi connectivity index (χ2n) is 19.9. The quantitative estimate of drug-likeness (QED) is 0.0261. The first-order valence-corrected chi connectivity index (χ1v) is 30.1. The molecule has 0 fully saturated rings. The van der Waals surface area contributed by atoms with Crippen molar-refractivity contribution in [1.29, 1.82) is 0 Å². The Labute approximate surface area is 439 Å². The van der Waals surface area contributed by atoms with E-state index in [1.165, 1.54) is 167 Å². The number of allylic oxidation sites excluding steroid dienone is 14. The van der Waals surface area contributed by atoms with E-state index in [4.69, 9.17) is 14.2 Å². The Morgan fingerprint density at radius 1 is 0.296 bits per heavy atom. The zero-order valence-corrected chi connectivity index (χ0v) is 46.7. The number of rotatable bonds is 54. The summed E-state index contributed by atoms with van der Waals surface area (Å²) in [5, 5.41) is 0. The molecule has 0 radical (unpaired) electrons. The zero-order chi connectivity index (χ0) is 51.4. The van der Waals surface area contributed by atoms with Crippen LogP contribution < -0.4 is 0 Å². The topological polar surface area (TPSA) is 78.9 Å². The maximum Gasteiger partial charge on any atom is 0.306 e. The van der Waals surface area contributed by atoms with Crippen molar-refractivity contribution in [2.75, 3.05) is 13.2 Å². The third kappa shape index (κ3) is 57.4. The fourth-order valence-electron chi connectivity index (χ4n) is 8.41. The molecule has 0 saturated carbocycles. The number of hydrogen-bond acceptors (Lipinski definition) is 6. The van der Waals surface area contributed by atoms with Gasteiger partial charge < -0.3 is 14.2 Å². The Hall–Kier alpha value is -3.41. The van der Waals surface area contributed by atoms with Crippen molar-refractivity contribution in [2.45, 2.75) is 297 Å².